The van der Waals surface area contributed by atoms with Crippen molar-refractivity contribution in [2.24, 2.45) is 0 Å². The molecule has 0 spiro atoms. The number of aromatic nitrogens is 2. The maximum absolute atomic E-state index is 5.83. The first kappa shape index (κ1) is 10.9. The molecule has 1 saturated heterocycles. The van der Waals surface area contributed by atoms with Crippen LogP contribution >= 0.6 is 23.2 Å². The molecule has 0 unspecified atom stereocenters. The molecule has 2 atom stereocenters. The maximum Gasteiger partial charge on any atom is 0.193 e. The van der Waals surface area contributed by atoms with Crippen LogP contribution in [0.1, 0.15) is 13.3 Å². The van der Waals surface area contributed by atoms with Gasteiger partial charge in [0, 0.05) is 25.1 Å². The average molecular weight is 248 g/mol. The molecule has 1 aliphatic heterocycles. The Bertz CT molecular complexity index is 361. The van der Waals surface area contributed by atoms with Crippen LogP contribution in [0.3, 0.4) is 0 Å². The van der Waals surface area contributed by atoms with E-state index >= 15 is 0 Å². The van der Waals surface area contributed by atoms with Crippen LogP contribution in [0, 0.1) is 0 Å². The van der Waals surface area contributed by atoms with E-state index in [0.29, 0.717) is 11.8 Å². The Hall–Kier alpha value is -0.580. The smallest absolute Gasteiger partial charge is 0.193 e. The fraction of sp³-hybridized carbons (Fsp3) is 0.556. The number of rotatable bonds is 2. The predicted molar refractivity (Wildman–Crippen MR) is 58.5 cm³/mol. The first-order valence-corrected chi connectivity index (χ1v) is 5.49. The molecular weight excluding hydrogens is 237 g/mol. The third-order valence-corrected chi connectivity index (χ3v) is 2.74. The Labute approximate surface area is 97.9 Å². The van der Waals surface area contributed by atoms with Crippen LogP contribution in [0.2, 0.25) is 10.3 Å². The zero-order chi connectivity index (χ0) is 10.8. The molecule has 1 fully saturated rings. The lowest BCUT2D eigenvalue weighted by Crippen LogP contribution is -2.20. The molecule has 2 rings (SSSR count). The Morgan fingerprint density at radius 3 is 2.93 bits per heavy atom. The predicted octanol–water partition coefficient (Wildman–Crippen LogP) is 1.91. The van der Waals surface area contributed by atoms with E-state index in [4.69, 9.17) is 27.9 Å². The quantitative estimate of drug-likeness (QED) is 0.868. The monoisotopic (exact) mass is 247 g/mol. The lowest BCUT2D eigenvalue weighted by molar-refractivity contribution is 0.219. The molecule has 6 heteroatoms. The molecule has 0 radical (unpaired) electrons. The van der Waals surface area contributed by atoms with Crippen molar-refractivity contribution in [1.29, 1.82) is 0 Å². The summed E-state index contributed by atoms with van der Waals surface area (Å²) in [6.07, 6.45) is 1.08. The summed E-state index contributed by atoms with van der Waals surface area (Å²) in [6, 6.07) is 2.05. The Kier molecular flexibility index (Phi) is 3.29. The van der Waals surface area contributed by atoms with E-state index in [1.54, 1.807) is 6.07 Å². The highest BCUT2D eigenvalue weighted by molar-refractivity contribution is 6.32. The highest BCUT2D eigenvalue weighted by atomic mass is 35.5. The van der Waals surface area contributed by atoms with Gasteiger partial charge in [-0.3, -0.25) is 0 Å². The first-order valence-electron chi connectivity index (χ1n) is 4.74. The second-order valence-electron chi connectivity index (χ2n) is 3.61. The van der Waals surface area contributed by atoms with Crippen molar-refractivity contribution >= 4 is 23.2 Å². The third kappa shape index (κ3) is 2.71. The lowest BCUT2D eigenvalue weighted by atomic mass is 10.2. The van der Waals surface area contributed by atoms with Crippen LogP contribution in [0.15, 0.2) is 6.07 Å². The molecular formula is C9H11Cl2N3O. The zero-order valence-corrected chi connectivity index (χ0v) is 9.72. The van der Waals surface area contributed by atoms with Crippen molar-refractivity contribution < 1.29 is 4.74 Å². The van der Waals surface area contributed by atoms with E-state index in [9.17, 15) is 0 Å². The van der Waals surface area contributed by atoms with Crippen molar-refractivity contribution in [1.82, 2.24) is 15.5 Å². The standard InChI is InChI=1S/C9H11Cl2N3O/c1-5-2-6(4-12-5)15-7-3-8(10)13-14-9(7)11/h3,5-6,12H,2,4H2,1H3/t5-,6+/m0/s1. The molecule has 0 amide bonds. The highest BCUT2D eigenvalue weighted by Crippen LogP contribution is 2.26. The van der Waals surface area contributed by atoms with Gasteiger partial charge in [-0.05, 0) is 6.92 Å². The van der Waals surface area contributed by atoms with E-state index in [2.05, 4.69) is 22.4 Å². The normalized spacial score (nSPS) is 25.5. The average Bonchev–Trinajstić information content (AvgIpc) is 2.58. The highest BCUT2D eigenvalue weighted by Gasteiger charge is 2.23. The summed E-state index contributed by atoms with van der Waals surface area (Å²) in [5.74, 6) is 0.498. The number of nitrogens with one attached hydrogen (secondary N) is 1. The number of ether oxygens (including phenoxy) is 1. The number of halogens is 2. The molecule has 1 N–H and O–H groups in total. The zero-order valence-electron chi connectivity index (χ0n) is 8.20. The second kappa shape index (κ2) is 4.51. The van der Waals surface area contributed by atoms with E-state index in [1.807, 2.05) is 0 Å². The summed E-state index contributed by atoms with van der Waals surface area (Å²) < 4.78 is 5.68. The minimum atomic E-state index is 0.123. The largest absolute Gasteiger partial charge is 0.486 e. The van der Waals surface area contributed by atoms with E-state index in [1.165, 1.54) is 0 Å². The molecule has 1 aromatic heterocycles. The Balaban J connectivity index is 2.07. The van der Waals surface area contributed by atoms with Gasteiger partial charge in [0.15, 0.2) is 16.1 Å². The molecule has 0 bridgehead atoms. The van der Waals surface area contributed by atoms with Gasteiger partial charge in [0.1, 0.15) is 6.10 Å². The van der Waals surface area contributed by atoms with Gasteiger partial charge in [-0.25, -0.2) is 0 Å². The number of hydrogen-bond acceptors (Lipinski definition) is 4. The molecule has 0 aromatic carbocycles. The van der Waals surface area contributed by atoms with Crippen LogP contribution < -0.4 is 10.1 Å². The van der Waals surface area contributed by atoms with Gasteiger partial charge in [-0.1, -0.05) is 23.2 Å². The van der Waals surface area contributed by atoms with Crippen molar-refractivity contribution in [2.75, 3.05) is 6.54 Å². The summed E-state index contributed by atoms with van der Waals surface area (Å²) in [6.45, 7) is 2.93. The molecule has 0 aliphatic carbocycles. The van der Waals surface area contributed by atoms with Crippen LogP contribution in [0.25, 0.3) is 0 Å². The fourth-order valence-electron chi connectivity index (χ4n) is 1.58. The van der Waals surface area contributed by atoms with Gasteiger partial charge in [0.25, 0.3) is 0 Å². The summed E-state index contributed by atoms with van der Waals surface area (Å²) >= 11 is 11.5. The molecule has 82 valence electrons. The van der Waals surface area contributed by atoms with Gasteiger partial charge in [-0.2, -0.15) is 0 Å². The first-order chi connectivity index (χ1) is 7.15. The van der Waals surface area contributed by atoms with Gasteiger partial charge >= 0.3 is 0 Å². The summed E-state index contributed by atoms with van der Waals surface area (Å²) in [7, 11) is 0. The van der Waals surface area contributed by atoms with Crippen LogP contribution in [0.5, 0.6) is 5.75 Å². The SMILES string of the molecule is C[C@H]1C[C@@H](Oc2cc(Cl)nnc2Cl)CN1. The number of hydrogen-bond donors (Lipinski definition) is 1. The van der Waals surface area contributed by atoms with Crippen molar-refractivity contribution in [3.8, 4) is 5.75 Å². The molecule has 2 heterocycles. The summed E-state index contributed by atoms with van der Waals surface area (Å²) in [4.78, 5) is 0. The van der Waals surface area contributed by atoms with Gasteiger partial charge in [0.2, 0.25) is 0 Å². The van der Waals surface area contributed by atoms with Crippen LogP contribution in [-0.4, -0.2) is 28.9 Å². The number of nitrogens with zero attached hydrogens (tertiary/aromatic N) is 2. The van der Waals surface area contributed by atoms with Gasteiger partial charge in [0.05, 0.1) is 0 Å². The minimum Gasteiger partial charge on any atom is -0.486 e. The van der Waals surface area contributed by atoms with Crippen molar-refractivity contribution in [3.05, 3.63) is 16.4 Å². The van der Waals surface area contributed by atoms with E-state index in [0.717, 1.165) is 13.0 Å². The van der Waals surface area contributed by atoms with Crippen molar-refractivity contribution in [2.45, 2.75) is 25.5 Å². The van der Waals surface area contributed by atoms with Gasteiger partial charge < -0.3 is 10.1 Å². The molecule has 1 aromatic rings. The lowest BCUT2D eigenvalue weighted by Gasteiger charge is -2.12. The molecule has 1 aliphatic rings. The Morgan fingerprint density at radius 2 is 2.27 bits per heavy atom. The topological polar surface area (TPSA) is 47.0 Å². The molecule has 15 heavy (non-hydrogen) atoms. The fourth-order valence-corrected chi connectivity index (χ4v) is 1.86. The summed E-state index contributed by atoms with van der Waals surface area (Å²) in [5.41, 5.74) is 0. The van der Waals surface area contributed by atoms with E-state index in [-0.39, 0.29) is 16.4 Å². The summed E-state index contributed by atoms with van der Waals surface area (Å²) in [5, 5.41) is 11.1. The Morgan fingerprint density at radius 1 is 1.47 bits per heavy atom. The van der Waals surface area contributed by atoms with Crippen LogP contribution in [-0.2, 0) is 0 Å². The van der Waals surface area contributed by atoms with Crippen molar-refractivity contribution in [3.63, 3.8) is 0 Å². The molecule has 4 nitrogen and oxygen atoms in total. The minimum absolute atomic E-state index is 0.123. The van der Waals surface area contributed by atoms with E-state index < -0.39 is 0 Å². The maximum atomic E-state index is 5.83. The van der Waals surface area contributed by atoms with Gasteiger partial charge in [-0.15, -0.1) is 10.2 Å². The third-order valence-electron chi connectivity index (χ3n) is 2.29. The second-order valence-corrected chi connectivity index (χ2v) is 4.35. The van der Waals surface area contributed by atoms with Crippen LogP contribution in [0.4, 0.5) is 0 Å². The molecule has 0 saturated carbocycles.